The highest BCUT2D eigenvalue weighted by Gasteiger charge is 2.23. The van der Waals surface area contributed by atoms with Crippen molar-refractivity contribution in [3.05, 3.63) is 18.0 Å². The predicted octanol–water partition coefficient (Wildman–Crippen LogP) is 3.63. The van der Waals surface area contributed by atoms with Crippen LogP contribution >= 0.6 is 15.9 Å². The second-order valence-corrected chi connectivity index (χ2v) is 6.24. The zero-order chi connectivity index (χ0) is 15.1. The zero-order valence-corrected chi connectivity index (χ0v) is 14.6. The molecule has 118 valence electrons. The molecule has 1 aromatic rings. The molecule has 0 aliphatic heterocycles. The number of methoxy groups -OCH3 is 2. The number of alkyl halides is 1. The molecule has 1 fully saturated rings. The normalized spacial score (nSPS) is 16.2. The topological polar surface area (TPSA) is 34.6 Å². The smallest absolute Gasteiger partial charge is 0.183 e. The van der Waals surface area contributed by atoms with Gasteiger partial charge in [-0.15, -0.1) is 0 Å². The number of nitrogens with zero attached hydrogens (tertiary/aromatic N) is 2. The minimum atomic E-state index is 0.661. The van der Waals surface area contributed by atoms with Crippen LogP contribution < -0.4 is 9.47 Å². The average molecular weight is 357 g/mol. The zero-order valence-electron chi connectivity index (χ0n) is 13.0. The molecule has 0 atom stereocenters. The van der Waals surface area contributed by atoms with Crippen LogP contribution in [0.15, 0.2) is 12.3 Å². The van der Waals surface area contributed by atoms with Crippen LogP contribution in [0, 0.1) is 0 Å². The summed E-state index contributed by atoms with van der Waals surface area (Å²) in [7, 11) is 3.34. The summed E-state index contributed by atoms with van der Waals surface area (Å²) in [6.45, 7) is 1.85. The van der Waals surface area contributed by atoms with Gasteiger partial charge in [-0.3, -0.25) is 9.88 Å². The molecule has 4 nitrogen and oxygen atoms in total. The number of ether oxygens (including phenoxy) is 2. The van der Waals surface area contributed by atoms with E-state index in [1.165, 1.54) is 32.1 Å². The maximum atomic E-state index is 5.51. The van der Waals surface area contributed by atoms with E-state index in [-0.39, 0.29) is 0 Å². The third-order valence-electron chi connectivity index (χ3n) is 4.18. The van der Waals surface area contributed by atoms with Crippen LogP contribution in [0.4, 0.5) is 0 Å². The minimum absolute atomic E-state index is 0.661. The van der Waals surface area contributed by atoms with Gasteiger partial charge in [0.2, 0.25) is 0 Å². The lowest BCUT2D eigenvalue weighted by Gasteiger charge is -2.34. The van der Waals surface area contributed by atoms with Gasteiger partial charge in [-0.05, 0) is 12.8 Å². The van der Waals surface area contributed by atoms with Crippen molar-refractivity contribution in [3.8, 4) is 11.5 Å². The van der Waals surface area contributed by atoms with Gasteiger partial charge >= 0.3 is 0 Å². The lowest BCUT2D eigenvalue weighted by atomic mass is 9.94. The Bertz CT molecular complexity index is 436. The number of hydrogen-bond donors (Lipinski definition) is 0. The van der Waals surface area contributed by atoms with Crippen molar-refractivity contribution >= 4 is 15.9 Å². The summed E-state index contributed by atoms with van der Waals surface area (Å²) >= 11 is 3.58. The number of halogens is 1. The summed E-state index contributed by atoms with van der Waals surface area (Å²) < 4.78 is 10.9. The fourth-order valence-corrected chi connectivity index (χ4v) is 3.56. The van der Waals surface area contributed by atoms with Gasteiger partial charge in [-0.25, -0.2) is 0 Å². The second kappa shape index (κ2) is 8.59. The molecule has 2 rings (SSSR count). The fourth-order valence-electron chi connectivity index (χ4n) is 3.10. The Balaban J connectivity index is 2.15. The average Bonchev–Trinajstić information content (AvgIpc) is 2.55. The van der Waals surface area contributed by atoms with E-state index in [1.54, 1.807) is 20.4 Å². The monoisotopic (exact) mass is 356 g/mol. The Labute approximate surface area is 136 Å². The van der Waals surface area contributed by atoms with Crippen LogP contribution in [-0.4, -0.2) is 42.0 Å². The third-order valence-corrected chi connectivity index (χ3v) is 4.54. The van der Waals surface area contributed by atoms with E-state index in [1.807, 2.05) is 6.07 Å². The summed E-state index contributed by atoms with van der Waals surface area (Å²) in [5, 5.41) is 0.982. The second-order valence-electron chi connectivity index (χ2n) is 5.44. The molecule has 21 heavy (non-hydrogen) atoms. The number of hydrogen-bond acceptors (Lipinski definition) is 4. The van der Waals surface area contributed by atoms with Crippen LogP contribution in [0.2, 0.25) is 0 Å². The fraction of sp³-hybridized carbons (Fsp3) is 0.688. The van der Waals surface area contributed by atoms with Gasteiger partial charge in [0.1, 0.15) is 5.69 Å². The summed E-state index contributed by atoms with van der Waals surface area (Å²) in [4.78, 5) is 7.04. The van der Waals surface area contributed by atoms with Gasteiger partial charge in [0.25, 0.3) is 0 Å². The Hall–Kier alpha value is -0.810. The number of rotatable bonds is 7. The molecule has 1 saturated carbocycles. The number of pyridine rings is 1. The molecule has 0 saturated heterocycles. The van der Waals surface area contributed by atoms with Crippen molar-refractivity contribution < 1.29 is 9.47 Å². The first-order valence-electron chi connectivity index (χ1n) is 7.66. The van der Waals surface area contributed by atoms with Crippen molar-refractivity contribution in [2.24, 2.45) is 0 Å². The highest BCUT2D eigenvalue weighted by atomic mass is 79.9. The summed E-state index contributed by atoms with van der Waals surface area (Å²) in [5.41, 5.74) is 0.961. The maximum absolute atomic E-state index is 5.51. The lowest BCUT2D eigenvalue weighted by Crippen LogP contribution is -2.37. The largest absolute Gasteiger partial charge is 0.493 e. The predicted molar refractivity (Wildman–Crippen MR) is 88.4 cm³/mol. The first-order valence-corrected chi connectivity index (χ1v) is 8.78. The molecule has 0 spiro atoms. The van der Waals surface area contributed by atoms with Crippen molar-refractivity contribution in [2.45, 2.75) is 44.7 Å². The van der Waals surface area contributed by atoms with Crippen LogP contribution in [0.25, 0.3) is 0 Å². The van der Waals surface area contributed by atoms with Crippen molar-refractivity contribution in [2.75, 3.05) is 26.1 Å². The molecule has 0 N–H and O–H groups in total. The molecule has 1 aliphatic carbocycles. The van der Waals surface area contributed by atoms with Gasteiger partial charge in [-0.1, -0.05) is 35.2 Å². The van der Waals surface area contributed by atoms with E-state index in [9.17, 15) is 0 Å². The number of aromatic nitrogens is 1. The van der Waals surface area contributed by atoms with Crippen molar-refractivity contribution in [1.29, 1.82) is 0 Å². The highest BCUT2D eigenvalue weighted by molar-refractivity contribution is 9.09. The Morgan fingerprint density at radius 3 is 2.62 bits per heavy atom. The Kier molecular flexibility index (Phi) is 6.77. The molecule has 1 aromatic heterocycles. The third kappa shape index (κ3) is 4.33. The molecule has 1 heterocycles. The summed E-state index contributed by atoms with van der Waals surface area (Å²) in [6.07, 6.45) is 8.43. The highest BCUT2D eigenvalue weighted by Crippen LogP contribution is 2.31. The van der Waals surface area contributed by atoms with Crippen LogP contribution in [0.1, 0.15) is 37.8 Å². The Morgan fingerprint density at radius 2 is 2.00 bits per heavy atom. The maximum Gasteiger partial charge on any atom is 0.183 e. The molecule has 0 bridgehead atoms. The summed E-state index contributed by atoms with van der Waals surface area (Å²) in [6, 6.07) is 2.51. The van der Waals surface area contributed by atoms with E-state index in [0.717, 1.165) is 35.6 Å². The van der Waals surface area contributed by atoms with Crippen LogP contribution in [0.5, 0.6) is 11.5 Å². The molecule has 0 radical (unpaired) electrons. The minimum Gasteiger partial charge on any atom is -0.493 e. The van der Waals surface area contributed by atoms with E-state index < -0.39 is 0 Å². The van der Waals surface area contributed by atoms with E-state index in [2.05, 4.69) is 25.8 Å². The quantitative estimate of drug-likeness (QED) is 0.698. The van der Waals surface area contributed by atoms with Crippen LogP contribution in [-0.2, 0) is 6.54 Å². The molecule has 1 aliphatic rings. The van der Waals surface area contributed by atoms with E-state index in [4.69, 9.17) is 9.47 Å². The van der Waals surface area contributed by atoms with E-state index in [0.29, 0.717) is 6.04 Å². The van der Waals surface area contributed by atoms with Gasteiger partial charge in [0.15, 0.2) is 11.5 Å². The van der Waals surface area contributed by atoms with Crippen LogP contribution in [0.3, 0.4) is 0 Å². The first-order chi connectivity index (χ1) is 10.3. The first kappa shape index (κ1) is 16.6. The van der Waals surface area contributed by atoms with Gasteiger partial charge in [0, 0.05) is 36.7 Å². The SMILES string of the molecule is COc1ccnc(CN(CCBr)C2CCCCC2)c1OC. The molecule has 0 aromatic carbocycles. The van der Waals surface area contributed by atoms with Gasteiger partial charge < -0.3 is 9.47 Å². The molecular formula is C16H25BrN2O2. The lowest BCUT2D eigenvalue weighted by molar-refractivity contribution is 0.154. The Morgan fingerprint density at radius 1 is 1.24 bits per heavy atom. The molecule has 0 amide bonds. The molecule has 5 heteroatoms. The summed E-state index contributed by atoms with van der Waals surface area (Å²) in [5.74, 6) is 1.51. The van der Waals surface area contributed by atoms with Gasteiger partial charge in [0.05, 0.1) is 14.2 Å². The standard InChI is InChI=1S/C16H25BrN2O2/c1-20-15-8-10-18-14(16(15)21-2)12-19(11-9-17)13-6-4-3-5-7-13/h8,10,13H,3-7,9,11-12H2,1-2H3. The van der Waals surface area contributed by atoms with Crippen molar-refractivity contribution in [1.82, 2.24) is 9.88 Å². The van der Waals surface area contributed by atoms with E-state index >= 15 is 0 Å². The molecular weight excluding hydrogens is 332 g/mol. The molecule has 0 unspecified atom stereocenters. The van der Waals surface area contributed by atoms with Gasteiger partial charge in [-0.2, -0.15) is 0 Å². The van der Waals surface area contributed by atoms with Crippen molar-refractivity contribution in [3.63, 3.8) is 0 Å².